The minimum absolute atomic E-state index is 0.0776. The van der Waals surface area contributed by atoms with Crippen LogP contribution in [0.4, 0.5) is 11.4 Å². The average molecular weight is 418 g/mol. The number of nitro benzene ring substituents is 1. The molecule has 104 valence electrons. The quantitative estimate of drug-likeness (QED) is 0.329. The molecule has 0 saturated carbocycles. The van der Waals surface area contributed by atoms with Crippen LogP contribution in [-0.2, 0) is 5.75 Å². The van der Waals surface area contributed by atoms with Crippen LogP contribution in [0.25, 0.3) is 0 Å². The predicted molar refractivity (Wildman–Crippen MR) is 88.9 cm³/mol. The molecule has 0 radical (unpaired) electrons. The van der Waals surface area contributed by atoms with Crippen molar-refractivity contribution in [2.45, 2.75) is 10.6 Å². The van der Waals surface area contributed by atoms with E-state index in [1.54, 1.807) is 17.8 Å². The Morgan fingerprint density at radius 1 is 1.20 bits per heavy atom. The monoisotopic (exact) mass is 416 g/mol. The van der Waals surface area contributed by atoms with Crippen LogP contribution < -0.4 is 5.73 Å². The van der Waals surface area contributed by atoms with E-state index in [2.05, 4.69) is 31.9 Å². The van der Waals surface area contributed by atoms with Crippen LogP contribution in [0.5, 0.6) is 0 Å². The molecule has 0 fully saturated rings. The molecule has 2 N–H and O–H groups in total. The van der Waals surface area contributed by atoms with E-state index >= 15 is 0 Å². The highest BCUT2D eigenvalue weighted by atomic mass is 79.9. The summed E-state index contributed by atoms with van der Waals surface area (Å²) in [7, 11) is 0. The molecule has 0 aliphatic carbocycles. The lowest BCUT2D eigenvalue weighted by molar-refractivity contribution is -0.384. The van der Waals surface area contributed by atoms with Crippen LogP contribution >= 0.6 is 43.6 Å². The van der Waals surface area contributed by atoms with Crippen LogP contribution in [0.15, 0.2) is 50.2 Å². The van der Waals surface area contributed by atoms with E-state index in [-0.39, 0.29) is 5.69 Å². The van der Waals surface area contributed by atoms with E-state index in [4.69, 9.17) is 5.73 Å². The maximum absolute atomic E-state index is 10.7. The SMILES string of the molecule is Nc1cc(Br)ccc1SCc1ccc([N+](=O)[O-])cc1Br. The Morgan fingerprint density at radius 3 is 2.55 bits per heavy atom. The van der Waals surface area contributed by atoms with Crippen molar-refractivity contribution in [3.63, 3.8) is 0 Å². The second kappa shape index (κ2) is 6.60. The van der Waals surface area contributed by atoms with Crippen molar-refractivity contribution in [3.8, 4) is 0 Å². The first-order chi connectivity index (χ1) is 9.47. The molecule has 4 nitrogen and oxygen atoms in total. The molecule has 0 atom stereocenters. The Kier molecular flexibility index (Phi) is 5.06. The number of nitro groups is 1. The van der Waals surface area contributed by atoms with Crippen LogP contribution in [-0.4, -0.2) is 4.92 Å². The normalized spacial score (nSPS) is 10.5. The molecule has 0 heterocycles. The highest BCUT2D eigenvalue weighted by molar-refractivity contribution is 9.10. The summed E-state index contributed by atoms with van der Waals surface area (Å²) in [5, 5.41) is 10.7. The molecule has 0 saturated heterocycles. The van der Waals surface area contributed by atoms with Gasteiger partial charge in [-0.05, 0) is 23.8 Å². The van der Waals surface area contributed by atoms with Crippen molar-refractivity contribution in [1.29, 1.82) is 0 Å². The third-order valence-electron chi connectivity index (χ3n) is 2.60. The molecule has 20 heavy (non-hydrogen) atoms. The predicted octanol–water partition coefficient (Wildman–Crippen LogP) is 4.99. The summed E-state index contributed by atoms with van der Waals surface area (Å²) in [6, 6.07) is 10.5. The molecule has 0 amide bonds. The molecule has 0 bridgehead atoms. The smallest absolute Gasteiger partial charge is 0.270 e. The number of halogens is 2. The number of nitrogens with two attached hydrogens (primary N) is 1. The van der Waals surface area contributed by atoms with Gasteiger partial charge >= 0.3 is 0 Å². The van der Waals surface area contributed by atoms with E-state index in [0.717, 1.165) is 19.4 Å². The second-order valence-electron chi connectivity index (χ2n) is 4.00. The summed E-state index contributed by atoms with van der Waals surface area (Å²) in [4.78, 5) is 11.3. The van der Waals surface area contributed by atoms with Gasteiger partial charge in [-0.3, -0.25) is 10.1 Å². The summed E-state index contributed by atoms with van der Waals surface area (Å²) in [5.74, 6) is 0.685. The molecule has 7 heteroatoms. The molecule has 2 rings (SSSR count). The Hall–Kier alpha value is -1.05. The van der Waals surface area contributed by atoms with Crippen molar-refractivity contribution in [3.05, 3.63) is 61.0 Å². The van der Waals surface area contributed by atoms with Gasteiger partial charge in [0.05, 0.1) is 4.92 Å². The van der Waals surface area contributed by atoms with Gasteiger partial charge in [0, 0.05) is 37.4 Å². The van der Waals surface area contributed by atoms with E-state index in [0.29, 0.717) is 11.4 Å². The number of thioether (sulfide) groups is 1. The maximum Gasteiger partial charge on any atom is 0.270 e. The van der Waals surface area contributed by atoms with Gasteiger partial charge in [-0.25, -0.2) is 0 Å². The molecule has 2 aromatic carbocycles. The Labute approximate surface area is 137 Å². The largest absolute Gasteiger partial charge is 0.398 e. The Morgan fingerprint density at radius 2 is 1.95 bits per heavy atom. The molecule has 0 unspecified atom stereocenters. The molecule has 0 aliphatic rings. The first-order valence-electron chi connectivity index (χ1n) is 5.58. The Balaban J connectivity index is 2.13. The highest BCUT2D eigenvalue weighted by Gasteiger charge is 2.10. The van der Waals surface area contributed by atoms with Crippen LogP contribution in [0.2, 0.25) is 0 Å². The fourth-order valence-corrected chi connectivity index (χ4v) is 3.60. The van der Waals surface area contributed by atoms with Gasteiger partial charge < -0.3 is 5.73 Å². The van der Waals surface area contributed by atoms with Gasteiger partial charge in [-0.1, -0.05) is 37.9 Å². The molecule has 0 aromatic heterocycles. The second-order valence-corrected chi connectivity index (χ2v) is 6.79. The van der Waals surface area contributed by atoms with Gasteiger partial charge in [0.1, 0.15) is 0 Å². The number of hydrogen-bond acceptors (Lipinski definition) is 4. The topological polar surface area (TPSA) is 69.2 Å². The van der Waals surface area contributed by atoms with Crippen molar-refractivity contribution in [2.75, 3.05) is 5.73 Å². The van der Waals surface area contributed by atoms with Gasteiger partial charge in [0.2, 0.25) is 0 Å². The number of nitrogens with zero attached hydrogens (tertiary/aromatic N) is 1. The number of benzene rings is 2. The number of hydrogen-bond donors (Lipinski definition) is 1. The molecule has 2 aromatic rings. The third-order valence-corrected chi connectivity index (χ3v) is 4.97. The fourth-order valence-electron chi connectivity index (χ4n) is 1.57. The zero-order valence-electron chi connectivity index (χ0n) is 10.2. The number of rotatable bonds is 4. The molecular formula is C13H10Br2N2O2S. The number of non-ortho nitro benzene ring substituents is 1. The number of nitrogen functional groups attached to an aromatic ring is 1. The van der Waals surface area contributed by atoms with E-state index in [9.17, 15) is 10.1 Å². The van der Waals surface area contributed by atoms with E-state index in [1.165, 1.54) is 12.1 Å². The average Bonchev–Trinajstić information content (AvgIpc) is 2.38. The standard InChI is InChI=1S/C13H10Br2N2O2S/c14-9-2-4-13(12(16)5-9)20-7-8-1-3-10(17(18)19)6-11(8)15/h1-6H,7,16H2. The van der Waals surface area contributed by atoms with Gasteiger partial charge in [-0.2, -0.15) is 0 Å². The van der Waals surface area contributed by atoms with E-state index in [1.807, 2.05) is 18.2 Å². The number of anilines is 1. The lowest BCUT2D eigenvalue weighted by Crippen LogP contribution is -1.91. The highest BCUT2D eigenvalue weighted by Crippen LogP contribution is 2.33. The fraction of sp³-hybridized carbons (Fsp3) is 0.0769. The van der Waals surface area contributed by atoms with Crippen LogP contribution in [0.3, 0.4) is 0 Å². The summed E-state index contributed by atoms with van der Waals surface area (Å²) >= 11 is 8.32. The van der Waals surface area contributed by atoms with Crippen LogP contribution in [0.1, 0.15) is 5.56 Å². The van der Waals surface area contributed by atoms with Gasteiger partial charge in [0.15, 0.2) is 0 Å². The summed E-state index contributed by atoms with van der Waals surface area (Å²) in [6.07, 6.45) is 0. The van der Waals surface area contributed by atoms with Crippen molar-refractivity contribution in [2.24, 2.45) is 0 Å². The lowest BCUT2D eigenvalue weighted by atomic mass is 10.2. The molecule has 0 spiro atoms. The molecule has 0 aliphatic heterocycles. The zero-order valence-corrected chi connectivity index (χ0v) is 14.2. The minimum atomic E-state index is -0.408. The molecular weight excluding hydrogens is 408 g/mol. The summed E-state index contributed by atoms with van der Waals surface area (Å²) in [6.45, 7) is 0. The first-order valence-corrected chi connectivity index (χ1v) is 8.15. The summed E-state index contributed by atoms with van der Waals surface area (Å²) in [5.41, 5.74) is 7.71. The van der Waals surface area contributed by atoms with Gasteiger partial charge in [-0.15, -0.1) is 11.8 Å². The summed E-state index contributed by atoms with van der Waals surface area (Å²) < 4.78 is 1.67. The van der Waals surface area contributed by atoms with Gasteiger partial charge in [0.25, 0.3) is 5.69 Å². The lowest BCUT2D eigenvalue weighted by Gasteiger charge is -2.07. The van der Waals surface area contributed by atoms with Crippen molar-refractivity contribution < 1.29 is 4.92 Å². The van der Waals surface area contributed by atoms with Crippen molar-refractivity contribution >= 4 is 55.0 Å². The first kappa shape index (κ1) is 15.3. The Bertz CT molecular complexity index is 665. The van der Waals surface area contributed by atoms with E-state index < -0.39 is 4.92 Å². The minimum Gasteiger partial charge on any atom is -0.398 e. The van der Waals surface area contributed by atoms with Crippen LogP contribution in [0, 0.1) is 10.1 Å². The van der Waals surface area contributed by atoms with Crippen molar-refractivity contribution in [1.82, 2.24) is 0 Å². The third kappa shape index (κ3) is 3.74. The zero-order chi connectivity index (χ0) is 14.7. The maximum atomic E-state index is 10.7.